The molecular weight excluding hydrogens is 316 g/mol. The quantitative estimate of drug-likeness (QED) is 0.900. The Kier molecular flexibility index (Phi) is 4.36. The van der Waals surface area contributed by atoms with Crippen molar-refractivity contribution in [1.82, 2.24) is 10.3 Å². The maximum Gasteiger partial charge on any atom is 0.115 e. The molecule has 17 heavy (non-hydrogen) atoms. The van der Waals surface area contributed by atoms with Crippen molar-refractivity contribution in [3.8, 4) is 0 Å². The molecule has 0 aliphatic carbocycles. The molecule has 0 saturated heterocycles. The molecule has 0 fully saturated rings. The van der Waals surface area contributed by atoms with E-state index in [1.54, 1.807) is 22.7 Å². The molecule has 0 spiro atoms. The first-order valence-electron chi connectivity index (χ1n) is 5.48. The summed E-state index contributed by atoms with van der Waals surface area (Å²) in [6.07, 6.45) is 0. The maximum atomic E-state index is 4.60. The topological polar surface area (TPSA) is 24.9 Å². The number of nitrogens with zero attached hydrogens (tertiary/aromatic N) is 1. The second-order valence-corrected chi connectivity index (χ2v) is 7.00. The number of thiophene rings is 1. The zero-order chi connectivity index (χ0) is 12.4. The molecule has 5 heteroatoms. The van der Waals surface area contributed by atoms with E-state index in [1.165, 1.54) is 4.88 Å². The fourth-order valence-corrected chi connectivity index (χ4v) is 4.05. The van der Waals surface area contributed by atoms with Crippen molar-refractivity contribution >= 4 is 38.6 Å². The van der Waals surface area contributed by atoms with Gasteiger partial charge in [-0.1, -0.05) is 0 Å². The first-order chi connectivity index (χ1) is 8.06. The summed E-state index contributed by atoms with van der Waals surface area (Å²) >= 11 is 6.99. The van der Waals surface area contributed by atoms with Gasteiger partial charge in [0.15, 0.2) is 0 Å². The van der Waals surface area contributed by atoms with Crippen LogP contribution in [0.15, 0.2) is 21.3 Å². The Labute approximate surface area is 118 Å². The van der Waals surface area contributed by atoms with E-state index in [9.17, 15) is 0 Å². The molecule has 0 aliphatic rings. The van der Waals surface area contributed by atoms with Crippen molar-refractivity contribution in [2.75, 3.05) is 0 Å². The van der Waals surface area contributed by atoms with E-state index in [-0.39, 0.29) is 6.04 Å². The van der Waals surface area contributed by atoms with E-state index in [0.29, 0.717) is 6.04 Å². The van der Waals surface area contributed by atoms with Gasteiger partial charge < -0.3 is 5.32 Å². The minimum atomic E-state index is 0.213. The lowest BCUT2D eigenvalue weighted by molar-refractivity contribution is 0.532. The molecule has 2 aromatic heterocycles. The highest BCUT2D eigenvalue weighted by Crippen LogP contribution is 2.31. The Hall–Kier alpha value is -0.230. The predicted molar refractivity (Wildman–Crippen MR) is 79.0 cm³/mol. The fourth-order valence-electron chi connectivity index (χ4n) is 1.59. The normalized spacial score (nSPS) is 13.2. The van der Waals surface area contributed by atoms with Crippen LogP contribution in [0.3, 0.4) is 0 Å². The van der Waals surface area contributed by atoms with Crippen LogP contribution in [0.5, 0.6) is 0 Å². The highest BCUT2D eigenvalue weighted by Gasteiger charge is 2.19. The summed E-state index contributed by atoms with van der Waals surface area (Å²) in [5.74, 6) is 0. The van der Waals surface area contributed by atoms with Crippen molar-refractivity contribution < 1.29 is 0 Å². The van der Waals surface area contributed by atoms with Crippen LogP contribution in [0, 0.1) is 6.92 Å². The predicted octanol–water partition coefficient (Wildman–Crippen LogP) is 4.36. The van der Waals surface area contributed by atoms with Gasteiger partial charge in [0, 0.05) is 31.8 Å². The van der Waals surface area contributed by atoms with Crippen LogP contribution >= 0.6 is 38.6 Å². The van der Waals surface area contributed by atoms with Crippen molar-refractivity contribution in [3.05, 3.63) is 36.9 Å². The molecule has 1 atom stereocenters. The molecular formula is C12H15BrN2S2. The van der Waals surface area contributed by atoms with E-state index in [4.69, 9.17) is 0 Å². The molecule has 0 aromatic carbocycles. The van der Waals surface area contributed by atoms with Crippen LogP contribution in [0.1, 0.15) is 35.5 Å². The summed E-state index contributed by atoms with van der Waals surface area (Å²) in [6.45, 7) is 6.36. The van der Waals surface area contributed by atoms with Gasteiger partial charge >= 0.3 is 0 Å². The monoisotopic (exact) mass is 330 g/mol. The van der Waals surface area contributed by atoms with Crippen LogP contribution in [-0.4, -0.2) is 11.0 Å². The summed E-state index contributed by atoms with van der Waals surface area (Å²) in [7, 11) is 0. The second kappa shape index (κ2) is 5.61. The number of rotatable bonds is 4. The third-order valence-corrected chi connectivity index (χ3v) is 5.04. The van der Waals surface area contributed by atoms with Crippen molar-refractivity contribution in [3.63, 3.8) is 0 Å². The Morgan fingerprint density at radius 1 is 1.29 bits per heavy atom. The summed E-state index contributed by atoms with van der Waals surface area (Å²) in [5.41, 5.74) is 1.09. The lowest BCUT2D eigenvalue weighted by Gasteiger charge is -2.17. The van der Waals surface area contributed by atoms with Gasteiger partial charge in [0.2, 0.25) is 0 Å². The van der Waals surface area contributed by atoms with Gasteiger partial charge in [-0.25, -0.2) is 4.98 Å². The van der Waals surface area contributed by atoms with E-state index in [1.807, 2.05) is 6.92 Å². The fraction of sp³-hybridized carbons (Fsp3) is 0.417. The SMILES string of the molecule is Cc1csc(C(NC(C)C)c2cc(Br)cs2)n1. The summed E-state index contributed by atoms with van der Waals surface area (Å²) in [6, 6.07) is 2.82. The number of thiazole rings is 1. The van der Waals surface area contributed by atoms with Crippen molar-refractivity contribution in [2.45, 2.75) is 32.9 Å². The summed E-state index contributed by atoms with van der Waals surface area (Å²) < 4.78 is 1.14. The van der Waals surface area contributed by atoms with Crippen molar-refractivity contribution in [1.29, 1.82) is 0 Å². The molecule has 0 radical (unpaired) electrons. The standard InChI is InChI=1S/C12H15BrN2S2/c1-7(2)14-11(10-4-9(13)6-16-10)12-15-8(3)5-17-12/h4-7,11,14H,1-3H3. The average molecular weight is 331 g/mol. The molecule has 2 heterocycles. The minimum Gasteiger partial charge on any atom is -0.301 e. The molecule has 1 N–H and O–H groups in total. The molecule has 1 unspecified atom stereocenters. The van der Waals surface area contributed by atoms with Gasteiger partial charge in [-0.15, -0.1) is 22.7 Å². The lowest BCUT2D eigenvalue weighted by atomic mass is 10.2. The Bertz CT molecular complexity index is 450. The first kappa shape index (κ1) is 13.2. The third-order valence-electron chi connectivity index (χ3n) is 2.26. The average Bonchev–Trinajstić information content (AvgIpc) is 2.84. The minimum absolute atomic E-state index is 0.213. The molecule has 2 nitrogen and oxygen atoms in total. The Balaban J connectivity index is 2.31. The van der Waals surface area contributed by atoms with Gasteiger partial charge in [-0.3, -0.25) is 0 Å². The van der Waals surface area contributed by atoms with Gasteiger partial charge in [0.1, 0.15) is 5.01 Å². The molecule has 0 aliphatic heterocycles. The highest BCUT2D eigenvalue weighted by molar-refractivity contribution is 9.10. The zero-order valence-corrected chi connectivity index (χ0v) is 13.2. The second-order valence-electron chi connectivity index (χ2n) is 4.25. The number of nitrogens with one attached hydrogen (secondary N) is 1. The van der Waals surface area contributed by atoms with E-state index in [2.05, 4.69) is 56.9 Å². The largest absolute Gasteiger partial charge is 0.301 e. The molecule has 2 rings (SSSR count). The number of aromatic nitrogens is 1. The zero-order valence-electron chi connectivity index (χ0n) is 10.0. The van der Waals surface area contributed by atoms with E-state index in [0.717, 1.165) is 15.2 Å². The molecule has 2 aromatic rings. The van der Waals surface area contributed by atoms with E-state index < -0.39 is 0 Å². The number of hydrogen-bond acceptors (Lipinski definition) is 4. The summed E-state index contributed by atoms with van der Waals surface area (Å²) in [4.78, 5) is 5.90. The van der Waals surface area contributed by atoms with Crippen LogP contribution in [0.25, 0.3) is 0 Å². The van der Waals surface area contributed by atoms with Crippen LogP contribution in [0.4, 0.5) is 0 Å². The number of hydrogen-bond donors (Lipinski definition) is 1. The van der Waals surface area contributed by atoms with Crippen molar-refractivity contribution in [2.24, 2.45) is 0 Å². The van der Waals surface area contributed by atoms with Gasteiger partial charge in [-0.05, 0) is 42.8 Å². The van der Waals surface area contributed by atoms with E-state index >= 15 is 0 Å². The molecule has 92 valence electrons. The van der Waals surface area contributed by atoms with Crippen LogP contribution in [-0.2, 0) is 0 Å². The van der Waals surface area contributed by atoms with Gasteiger partial charge in [0.25, 0.3) is 0 Å². The molecule has 0 amide bonds. The summed E-state index contributed by atoms with van der Waals surface area (Å²) in [5, 5.41) is 8.94. The molecule has 0 bridgehead atoms. The van der Waals surface area contributed by atoms with Crippen LogP contribution in [0.2, 0.25) is 0 Å². The first-order valence-corrected chi connectivity index (χ1v) is 8.03. The number of halogens is 1. The molecule has 0 saturated carbocycles. The van der Waals surface area contributed by atoms with Gasteiger partial charge in [-0.2, -0.15) is 0 Å². The third kappa shape index (κ3) is 3.37. The van der Waals surface area contributed by atoms with Gasteiger partial charge in [0.05, 0.1) is 6.04 Å². The Morgan fingerprint density at radius 2 is 2.06 bits per heavy atom. The number of aryl methyl sites for hydroxylation is 1. The van der Waals surface area contributed by atoms with Crippen LogP contribution < -0.4 is 5.32 Å². The smallest absolute Gasteiger partial charge is 0.115 e. The highest BCUT2D eigenvalue weighted by atomic mass is 79.9. The Morgan fingerprint density at radius 3 is 2.53 bits per heavy atom. The maximum absolute atomic E-state index is 4.60. The lowest BCUT2D eigenvalue weighted by Crippen LogP contribution is -2.28.